The minimum Gasteiger partial charge on any atom is -0.444 e. The number of thiocarbonyl (C=S) groups is 1. The molecule has 0 spiro atoms. The Balaban J connectivity index is 0.00000242. The molecule has 1 aromatic heterocycles. The van der Waals surface area contributed by atoms with Crippen molar-refractivity contribution in [1.29, 1.82) is 0 Å². The molecule has 3 fully saturated rings. The van der Waals surface area contributed by atoms with Gasteiger partial charge < -0.3 is 25.6 Å². The first-order valence-corrected chi connectivity index (χ1v) is 15.4. The number of carbonyl (C=O) groups excluding carboxylic acids is 3. The van der Waals surface area contributed by atoms with Gasteiger partial charge >= 0.3 is 6.09 Å². The van der Waals surface area contributed by atoms with Crippen LogP contribution in [-0.2, 0) is 22.4 Å². The van der Waals surface area contributed by atoms with Crippen LogP contribution < -0.4 is 16.0 Å². The van der Waals surface area contributed by atoms with Crippen LogP contribution in [0.25, 0.3) is 0 Å². The second-order valence-electron chi connectivity index (χ2n) is 12.7. The number of likely N-dealkylation sites (tertiary alicyclic amines) is 1. The molecule has 5 rings (SSSR count). The summed E-state index contributed by atoms with van der Waals surface area (Å²) in [6.07, 6.45) is 5.14. The van der Waals surface area contributed by atoms with E-state index in [9.17, 15) is 23.2 Å². The number of nitrogens with zero attached hydrogens (tertiary/aromatic N) is 1. The minimum atomic E-state index is -3.07. The second kappa shape index (κ2) is 11.2. The fourth-order valence-corrected chi connectivity index (χ4v) is 6.89. The van der Waals surface area contributed by atoms with Crippen LogP contribution in [0.5, 0.6) is 0 Å². The zero-order valence-electron chi connectivity index (χ0n) is 23.2. The van der Waals surface area contributed by atoms with Crippen molar-refractivity contribution in [1.82, 2.24) is 15.5 Å². The quantitative estimate of drug-likeness (QED) is 0.346. The van der Waals surface area contributed by atoms with Crippen molar-refractivity contribution in [3.63, 3.8) is 0 Å². The van der Waals surface area contributed by atoms with Gasteiger partial charge in [-0.25, -0.2) is 13.6 Å². The number of nitrogens with one attached hydrogen (secondary N) is 3. The van der Waals surface area contributed by atoms with Crippen LogP contribution in [0.1, 0.15) is 82.9 Å². The van der Waals surface area contributed by atoms with Gasteiger partial charge in [0.2, 0.25) is 5.91 Å². The summed E-state index contributed by atoms with van der Waals surface area (Å²) >= 11 is 6.98. The van der Waals surface area contributed by atoms with Gasteiger partial charge in [0.25, 0.3) is 11.8 Å². The molecular weight excluding hydrogens is 558 g/mol. The Morgan fingerprint density at radius 3 is 2.55 bits per heavy atom. The Kier molecular flexibility index (Phi) is 8.13. The predicted octanol–water partition coefficient (Wildman–Crippen LogP) is 5.40. The number of anilines is 1. The Bertz CT molecular complexity index is 1200. The molecular formula is C28H42F2N4O4S2. The molecule has 4 aliphatic rings. The molecule has 3 aliphatic carbocycles. The van der Waals surface area contributed by atoms with Gasteiger partial charge in [-0.1, -0.05) is 12.2 Å². The largest absolute Gasteiger partial charge is 0.444 e. The number of fused-ring (bicyclic) bond motifs is 1. The van der Waals surface area contributed by atoms with Gasteiger partial charge in [-0.05, 0) is 77.2 Å². The van der Waals surface area contributed by atoms with E-state index in [1.165, 1.54) is 11.3 Å². The van der Waals surface area contributed by atoms with Gasteiger partial charge in [-0.15, -0.1) is 11.3 Å². The van der Waals surface area contributed by atoms with E-state index in [4.69, 9.17) is 17.0 Å². The first-order valence-electron chi connectivity index (χ1n) is 14.2. The SMILES string of the molecule is CC(C)(C)OC(=O)N1CC(CC(=S)N[C@H]2CCc3sc(NC(=O)C4CC4)c(C(=O)NCC4CC4)c3C2)C(F)(F)C1.[HH].[HH]. The van der Waals surface area contributed by atoms with Gasteiger partial charge in [0.1, 0.15) is 10.6 Å². The Labute approximate surface area is 245 Å². The van der Waals surface area contributed by atoms with E-state index in [2.05, 4.69) is 16.0 Å². The lowest BCUT2D eigenvalue weighted by Crippen LogP contribution is -2.40. The number of hydrogen-bond acceptors (Lipinski definition) is 6. The maximum atomic E-state index is 14.8. The highest BCUT2D eigenvalue weighted by Crippen LogP contribution is 2.41. The number of amides is 3. The van der Waals surface area contributed by atoms with Crippen molar-refractivity contribution < 1.29 is 30.8 Å². The molecule has 2 atom stereocenters. The topological polar surface area (TPSA) is 99.8 Å². The Hall–Kier alpha value is -2.34. The average Bonchev–Trinajstić information content (AvgIpc) is 3.77. The standard InChI is InChI=1S/C28H38F2N4O4S2.2H2/c1-27(2,3)38-26(37)34-13-17(28(29,30)14-34)10-21(39)32-18-8-9-20-19(11-18)22(24(36)31-12-15-4-5-15)25(40-20)33-23(35)16-6-7-16;;/h15-18H,4-14H2,1-3H3,(H,31,36)(H,32,39)(H,33,35);2*1H/t17?,18-;;/m0../s1. The summed E-state index contributed by atoms with van der Waals surface area (Å²) in [5.74, 6) is -3.84. The fraction of sp³-hybridized carbons (Fsp3) is 0.714. The third-order valence-corrected chi connectivity index (χ3v) is 9.30. The predicted molar refractivity (Wildman–Crippen MR) is 157 cm³/mol. The number of halogens is 2. The van der Waals surface area contributed by atoms with Crippen molar-refractivity contribution in [2.75, 3.05) is 25.0 Å². The van der Waals surface area contributed by atoms with Crippen molar-refractivity contribution in [3.05, 3.63) is 16.0 Å². The molecule has 1 unspecified atom stereocenters. The molecule has 0 radical (unpaired) electrons. The Morgan fingerprint density at radius 2 is 1.90 bits per heavy atom. The molecule has 3 N–H and O–H groups in total. The summed E-state index contributed by atoms with van der Waals surface area (Å²) in [5, 5.41) is 9.90. The smallest absolute Gasteiger partial charge is 0.410 e. The van der Waals surface area contributed by atoms with E-state index in [1.54, 1.807) is 20.8 Å². The lowest BCUT2D eigenvalue weighted by molar-refractivity contribution is -0.117. The maximum Gasteiger partial charge on any atom is 0.410 e. The van der Waals surface area contributed by atoms with Crippen molar-refractivity contribution in [2.24, 2.45) is 17.8 Å². The van der Waals surface area contributed by atoms with Gasteiger partial charge in [-0.2, -0.15) is 0 Å². The van der Waals surface area contributed by atoms with Crippen LogP contribution >= 0.6 is 23.6 Å². The van der Waals surface area contributed by atoms with Gasteiger partial charge in [-0.3, -0.25) is 9.59 Å². The van der Waals surface area contributed by atoms with Crippen molar-refractivity contribution >= 4 is 51.5 Å². The molecule has 2 heterocycles. The van der Waals surface area contributed by atoms with Gasteiger partial charge in [0.15, 0.2) is 0 Å². The van der Waals surface area contributed by atoms with Crippen LogP contribution in [0.2, 0.25) is 0 Å². The highest BCUT2D eigenvalue weighted by atomic mass is 32.1. The van der Waals surface area contributed by atoms with Gasteiger partial charge in [0.05, 0.1) is 17.1 Å². The highest BCUT2D eigenvalue weighted by Gasteiger charge is 2.50. The first-order chi connectivity index (χ1) is 18.8. The van der Waals surface area contributed by atoms with E-state index >= 15 is 0 Å². The zero-order chi connectivity index (χ0) is 28.8. The molecule has 2 saturated carbocycles. The maximum absolute atomic E-state index is 14.8. The van der Waals surface area contributed by atoms with E-state index in [0.717, 1.165) is 47.4 Å². The molecule has 224 valence electrons. The molecule has 0 aromatic carbocycles. The zero-order valence-corrected chi connectivity index (χ0v) is 24.9. The summed E-state index contributed by atoms with van der Waals surface area (Å²) < 4.78 is 34.9. The third kappa shape index (κ3) is 7.10. The number of hydrogen-bond donors (Lipinski definition) is 3. The van der Waals surface area contributed by atoms with Crippen LogP contribution in [0.3, 0.4) is 0 Å². The van der Waals surface area contributed by atoms with Crippen molar-refractivity contribution in [2.45, 2.75) is 89.7 Å². The summed E-state index contributed by atoms with van der Waals surface area (Å²) in [5.41, 5.74) is 0.664. The molecule has 8 nitrogen and oxygen atoms in total. The molecule has 12 heteroatoms. The summed E-state index contributed by atoms with van der Waals surface area (Å²) in [7, 11) is 0. The lowest BCUT2D eigenvalue weighted by Gasteiger charge is -2.27. The van der Waals surface area contributed by atoms with Gasteiger partial charge in [0, 0.05) is 45.1 Å². The van der Waals surface area contributed by atoms with E-state index in [1.807, 2.05) is 0 Å². The van der Waals surface area contributed by atoms with E-state index in [-0.39, 0.29) is 39.6 Å². The summed E-state index contributed by atoms with van der Waals surface area (Å²) in [6.45, 7) is 4.91. The lowest BCUT2D eigenvalue weighted by atomic mass is 9.90. The third-order valence-electron chi connectivity index (χ3n) is 7.81. The number of aryl methyl sites for hydroxylation is 1. The fourth-order valence-electron chi connectivity index (χ4n) is 5.28. The van der Waals surface area contributed by atoms with Crippen LogP contribution in [0.4, 0.5) is 18.6 Å². The molecule has 3 amide bonds. The van der Waals surface area contributed by atoms with E-state index in [0.29, 0.717) is 40.9 Å². The number of alkyl halides is 2. The van der Waals surface area contributed by atoms with Crippen LogP contribution in [0.15, 0.2) is 0 Å². The Morgan fingerprint density at radius 1 is 1.18 bits per heavy atom. The number of thiophene rings is 1. The minimum absolute atomic E-state index is 0. The summed E-state index contributed by atoms with van der Waals surface area (Å²) in [6, 6.07) is -0.117. The molecule has 1 aliphatic heterocycles. The number of rotatable bonds is 8. The van der Waals surface area contributed by atoms with Crippen LogP contribution in [0, 0.1) is 17.8 Å². The number of ether oxygens (including phenoxy) is 1. The second-order valence-corrected chi connectivity index (χ2v) is 14.3. The molecule has 1 aromatic rings. The normalized spacial score (nSPS) is 23.8. The first kappa shape index (κ1) is 29.2. The molecule has 40 heavy (non-hydrogen) atoms. The number of carbonyl (C=O) groups is 3. The summed E-state index contributed by atoms with van der Waals surface area (Å²) in [4.78, 5) is 40.6. The molecule has 0 bridgehead atoms. The van der Waals surface area contributed by atoms with Crippen LogP contribution in [-0.4, -0.2) is 65.0 Å². The molecule has 1 saturated heterocycles. The van der Waals surface area contributed by atoms with E-state index < -0.39 is 30.1 Å². The average molecular weight is 601 g/mol. The highest BCUT2D eigenvalue weighted by molar-refractivity contribution is 7.80. The monoisotopic (exact) mass is 600 g/mol. The van der Waals surface area contributed by atoms with Crippen molar-refractivity contribution in [3.8, 4) is 0 Å².